The molecule has 10 heteroatoms. The predicted molar refractivity (Wildman–Crippen MR) is 145 cm³/mol. The zero-order valence-electron chi connectivity index (χ0n) is 21.9. The molecule has 5 heterocycles. The lowest BCUT2D eigenvalue weighted by Gasteiger charge is -2.43. The van der Waals surface area contributed by atoms with Gasteiger partial charge in [0.2, 0.25) is 0 Å². The molecule has 38 heavy (non-hydrogen) atoms. The number of aliphatic hydroxyl groups excluding tert-OH is 1. The van der Waals surface area contributed by atoms with Gasteiger partial charge in [-0.3, -0.25) is 14.4 Å². The Morgan fingerprint density at radius 3 is 2.63 bits per heavy atom. The van der Waals surface area contributed by atoms with E-state index in [9.17, 15) is 9.90 Å². The highest BCUT2D eigenvalue weighted by Crippen LogP contribution is 2.26. The summed E-state index contributed by atoms with van der Waals surface area (Å²) in [6.07, 6.45) is 8.52. The van der Waals surface area contributed by atoms with E-state index in [0.29, 0.717) is 24.6 Å². The maximum atomic E-state index is 13.3. The molecule has 0 spiro atoms. The highest BCUT2D eigenvalue weighted by atomic mass is 16.3. The van der Waals surface area contributed by atoms with E-state index in [1.54, 1.807) is 11.0 Å². The van der Waals surface area contributed by atoms with Crippen molar-refractivity contribution in [1.29, 1.82) is 0 Å². The molecule has 0 aliphatic carbocycles. The van der Waals surface area contributed by atoms with Gasteiger partial charge >= 0.3 is 0 Å². The lowest BCUT2D eigenvalue weighted by Crippen LogP contribution is -2.56. The quantitative estimate of drug-likeness (QED) is 0.531. The van der Waals surface area contributed by atoms with Gasteiger partial charge < -0.3 is 20.2 Å². The van der Waals surface area contributed by atoms with Crippen LogP contribution < -0.4 is 10.2 Å². The van der Waals surface area contributed by atoms with Gasteiger partial charge in [-0.05, 0) is 36.8 Å². The van der Waals surface area contributed by atoms with Gasteiger partial charge in [0.1, 0.15) is 17.8 Å². The van der Waals surface area contributed by atoms with Crippen LogP contribution in [0.15, 0.2) is 49.1 Å². The van der Waals surface area contributed by atoms with Crippen molar-refractivity contribution in [2.75, 3.05) is 42.9 Å². The molecule has 6 rings (SSSR count). The van der Waals surface area contributed by atoms with E-state index in [0.717, 1.165) is 57.5 Å². The summed E-state index contributed by atoms with van der Waals surface area (Å²) in [5.74, 6) is 0.522. The zero-order chi connectivity index (χ0) is 26.1. The normalized spacial score (nSPS) is 22.8. The summed E-state index contributed by atoms with van der Waals surface area (Å²) in [6.45, 7) is 4.60. The number of β-amino-alcohol motifs (C(OH)–C–C–N with tert-alkyl or cyclic N) is 1. The fourth-order valence-corrected chi connectivity index (χ4v) is 6.11. The molecule has 2 fully saturated rings. The summed E-state index contributed by atoms with van der Waals surface area (Å²) in [7, 11) is 1.93. The standard InChI is InChI=1S/C28H36N8O2/c1-33-17-23(15-31-33)34-11-7-22(8-12-34)32-27-14-24(29-19-30-27)28(38)36-13-9-25(26(37)18-36)35-10-6-20-4-2-3-5-21(20)16-35/h2-5,14-15,17,19,22,25-26,37H,6-13,16,18H2,1H3,(H,29,30,32)/t25-,26-/m1/s1. The number of piperidine rings is 2. The predicted octanol–water partition coefficient (Wildman–Crippen LogP) is 1.92. The maximum absolute atomic E-state index is 13.3. The topological polar surface area (TPSA) is 103 Å². The fraction of sp³-hybridized carbons (Fsp3) is 0.500. The van der Waals surface area contributed by atoms with Gasteiger partial charge in [-0.25, -0.2) is 9.97 Å². The van der Waals surface area contributed by atoms with E-state index in [1.165, 1.54) is 17.5 Å². The molecule has 2 aromatic heterocycles. The first kappa shape index (κ1) is 24.8. The molecular formula is C28H36N8O2. The van der Waals surface area contributed by atoms with Crippen molar-refractivity contribution >= 4 is 17.4 Å². The average Bonchev–Trinajstić information content (AvgIpc) is 3.39. The first-order valence-corrected chi connectivity index (χ1v) is 13.6. The molecular weight excluding hydrogens is 480 g/mol. The van der Waals surface area contributed by atoms with Crippen LogP contribution >= 0.6 is 0 Å². The van der Waals surface area contributed by atoms with Crippen LogP contribution in [0.1, 0.15) is 40.9 Å². The molecule has 3 aliphatic heterocycles. The summed E-state index contributed by atoms with van der Waals surface area (Å²) < 4.78 is 1.83. The molecule has 1 aromatic carbocycles. The van der Waals surface area contributed by atoms with Crippen LogP contribution in [0.25, 0.3) is 0 Å². The fourth-order valence-electron chi connectivity index (χ4n) is 6.11. The van der Waals surface area contributed by atoms with Crippen molar-refractivity contribution in [3.8, 4) is 0 Å². The third kappa shape index (κ3) is 5.23. The number of nitrogens with one attached hydrogen (secondary N) is 1. The molecule has 200 valence electrons. The van der Waals surface area contributed by atoms with Gasteiger partial charge in [0.05, 0.1) is 18.0 Å². The van der Waals surface area contributed by atoms with Crippen molar-refractivity contribution in [3.63, 3.8) is 0 Å². The molecule has 3 aliphatic rings. The molecule has 0 bridgehead atoms. The number of hydrogen-bond donors (Lipinski definition) is 2. The maximum Gasteiger partial charge on any atom is 0.272 e. The van der Waals surface area contributed by atoms with Crippen LogP contribution in [0, 0.1) is 0 Å². The molecule has 3 aromatic rings. The van der Waals surface area contributed by atoms with Gasteiger partial charge in [0, 0.05) is 70.7 Å². The number of aromatic nitrogens is 4. The Hall–Kier alpha value is -3.50. The second-order valence-corrected chi connectivity index (χ2v) is 10.7. The van der Waals surface area contributed by atoms with Crippen LogP contribution in [-0.2, 0) is 20.0 Å². The molecule has 2 saturated heterocycles. The number of hydrogen-bond acceptors (Lipinski definition) is 8. The minimum absolute atomic E-state index is 0.0626. The molecule has 0 unspecified atom stereocenters. The van der Waals surface area contributed by atoms with Gasteiger partial charge in [-0.1, -0.05) is 24.3 Å². The summed E-state index contributed by atoms with van der Waals surface area (Å²) in [4.78, 5) is 28.4. The smallest absolute Gasteiger partial charge is 0.272 e. The van der Waals surface area contributed by atoms with E-state index in [-0.39, 0.29) is 18.0 Å². The first-order valence-electron chi connectivity index (χ1n) is 13.6. The number of aliphatic hydroxyl groups is 1. The minimum Gasteiger partial charge on any atom is -0.390 e. The van der Waals surface area contributed by atoms with Crippen molar-refractivity contribution in [2.24, 2.45) is 7.05 Å². The Kier molecular flexibility index (Phi) is 6.99. The molecule has 2 N–H and O–H groups in total. The van der Waals surface area contributed by atoms with E-state index in [4.69, 9.17) is 0 Å². The lowest BCUT2D eigenvalue weighted by molar-refractivity contribution is -0.0139. The number of aryl methyl sites for hydroxylation is 1. The van der Waals surface area contributed by atoms with Crippen molar-refractivity contribution < 1.29 is 9.90 Å². The third-order valence-corrected chi connectivity index (χ3v) is 8.25. The molecule has 0 radical (unpaired) electrons. The highest BCUT2D eigenvalue weighted by molar-refractivity contribution is 5.93. The van der Waals surface area contributed by atoms with Crippen LogP contribution in [0.5, 0.6) is 0 Å². The summed E-state index contributed by atoms with van der Waals surface area (Å²) in [6, 6.07) is 10.6. The monoisotopic (exact) mass is 516 g/mol. The third-order valence-electron chi connectivity index (χ3n) is 8.25. The van der Waals surface area contributed by atoms with Gasteiger partial charge in [0.15, 0.2) is 0 Å². The first-order chi connectivity index (χ1) is 18.5. The van der Waals surface area contributed by atoms with Crippen molar-refractivity contribution in [1.82, 2.24) is 29.5 Å². The number of amides is 1. The summed E-state index contributed by atoms with van der Waals surface area (Å²) in [5, 5.41) is 18.8. The number of carbonyl (C=O) groups excluding carboxylic acids is 1. The molecule has 1 amide bonds. The van der Waals surface area contributed by atoms with E-state index in [1.807, 2.05) is 24.1 Å². The highest BCUT2D eigenvalue weighted by Gasteiger charge is 2.35. The van der Waals surface area contributed by atoms with Crippen LogP contribution in [0.3, 0.4) is 0 Å². The van der Waals surface area contributed by atoms with Crippen molar-refractivity contribution in [3.05, 3.63) is 65.9 Å². The average molecular weight is 517 g/mol. The van der Waals surface area contributed by atoms with Crippen LogP contribution in [0.2, 0.25) is 0 Å². The number of benzene rings is 1. The Balaban J connectivity index is 1.03. The van der Waals surface area contributed by atoms with Crippen LogP contribution in [0.4, 0.5) is 11.5 Å². The van der Waals surface area contributed by atoms with Gasteiger partial charge in [-0.2, -0.15) is 5.10 Å². The van der Waals surface area contributed by atoms with Crippen molar-refractivity contribution in [2.45, 2.75) is 50.4 Å². The van der Waals surface area contributed by atoms with Gasteiger partial charge in [-0.15, -0.1) is 0 Å². The molecule has 2 atom stereocenters. The Morgan fingerprint density at radius 2 is 1.87 bits per heavy atom. The zero-order valence-corrected chi connectivity index (χ0v) is 21.9. The summed E-state index contributed by atoms with van der Waals surface area (Å²) in [5.41, 5.74) is 4.26. The molecule has 10 nitrogen and oxygen atoms in total. The number of nitrogens with zero attached hydrogens (tertiary/aromatic N) is 7. The number of carbonyl (C=O) groups is 1. The number of anilines is 2. The van der Waals surface area contributed by atoms with E-state index >= 15 is 0 Å². The number of likely N-dealkylation sites (tertiary alicyclic amines) is 1. The van der Waals surface area contributed by atoms with E-state index < -0.39 is 6.10 Å². The second kappa shape index (κ2) is 10.7. The Bertz CT molecular complexity index is 1270. The van der Waals surface area contributed by atoms with Crippen LogP contribution in [-0.4, -0.2) is 91.5 Å². The Labute approximate surface area is 223 Å². The number of rotatable bonds is 5. The number of fused-ring (bicyclic) bond motifs is 1. The molecule has 0 saturated carbocycles. The Morgan fingerprint density at radius 1 is 1.05 bits per heavy atom. The van der Waals surface area contributed by atoms with E-state index in [2.05, 4.69) is 54.4 Å². The van der Waals surface area contributed by atoms with Gasteiger partial charge in [0.25, 0.3) is 5.91 Å². The minimum atomic E-state index is -0.581. The lowest BCUT2D eigenvalue weighted by atomic mass is 9.94. The summed E-state index contributed by atoms with van der Waals surface area (Å²) >= 11 is 0. The largest absolute Gasteiger partial charge is 0.390 e. The second-order valence-electron chi connectivity index (χ2n) is 10.7. The SMILES string of the molecule is Cn1cc(N2CCC(Nc3cc(C(=O)N4CC[C@@H](N5CCc6ccccc6C5)[C@H](O)C4)ncn3)CC2)cn1.